The molecule has 3 amide bonds. The summed E-state index contributed by atoms with van der Waals surface area (Å²) in [5.74, 6) is -1.02. The monoisotopic (exact) mass is 686 g/mol. The van der Waals surface area contributed by atoms with Crippen molar-refractivity contribution in [3.63, 3.8) is 0 Å². The number of nitrogens with one attached hydrogen (secondary N) is 2. The number of nitrogens with zero attached hydrogens (tertiary/aromatic N) is 2. The molecule has 11 heteroatoms. The van der Waals surface area contributed by atoms with Gasteiger partial charge in [-0.15, -0.1) is 11.8 Å². The number of aliphatic hydroxyl groups excluding tert-OH is 1. The molecule has 5 rings (SSSR count). The van der Waals surface area contributed by atoms with Crippen molar-refractivity contribution in [1.29, 1.82) is 0 Å². The van der Waals surface area contributed by atoms with E-state index in [1.54, 1.807) is 28.8 Å². The van der Waals surface area contributed by atoms with E-state index in [1.165, 1.54) is 0 Å². The molecule has 2 aromatic carbocycles. The molecule has 0 radical (unpaired) electrons. The van der Waals surface area contributed by atoms with Gasteiger partial charge in [0.2, 0.25) is 17.7 Å². The lowest BCUT2D eigenvalue weighted by molar-refractivity contribution is -0.138. The first kappa shape index (κ1) is 32.6. The van der Waals surface area contributed by atoms with Crippen LogP contribution in [0.4, 0.5) is 17.1 Å². The van der Waals surface area contributed by atoms with Gasteiger partial charge >= 0.3 is 0 Å². The number of hydrogen-bond donors (Lipinski definition) is 3. The first-order chi connectivity index (χ1) is 21.3. The van der Waals surface area contributed by atoms with Gasteiger partial charge in [0.05, 0.1) is 23.2 Å². The number of alkyl halides is 1. The number of aliphatic hydroxyl groups is 1. The van der Waals surface area contributed by atoms with Gasteiger partial charge < -0.3 is 30.3 Å². The molecule has 6 atom stereocenters. The van der Waals surface area contributed by atoms with Crippen molar-refractivity contribution in [2.45, 2.75) is 67.3 Å². The number of unbranched alkanes of at least 4 members (excludes halogenated alkanes) is 2. The first-order valence-corrected chi connectivity index (χ1v) is 17.5. The van der Waals surface area contributed by atoms with Crippen molar-refractivity contribution in [1.82, 2.24) is 4.90 Å². The van der Waals surface area contributed by atoms with Gasteiger partial charge in [-0.3, -0.25) is 14.4 Å². The highest BCUT2D eigenvalue weighted by Gasteiger charge is 2.75. The number of carbonyl (C=O) groups is 3. The zero-order valence-electron chi connectivity index (χ0n) is 25.6. The van der Waals surface area contributed by atoms with E-state index in [4.69, 9.17) is 4.74 Å². The summed E-state index contributed by atoms with van der Waals surface area (Å²) in [5, 5.41) is 15.3. The van der Waals surface area contributed by atoms with Crippen LogP contribution in [0.1, 0.15) is 46.5 Å². The van der Waals surface area contributed by atoms with Crippen molar-refractivity contribution in [3.8, 4) is 5.75 Å². The molecule has 3 unspecified atom stereocenters. The second kappa shape index (κ2) is 14.1. The second-order valence-electron chi connectivity index (χ2n) is 11.6. The molecule has 3 saturated heterocycles. The molecule has 238 valence electrons. The van der Waals surface area contributed by atoms with E-state index >= 15 is 0 Å². The van der Waals surface area contributed by atoms with Crippen LogP contribution in [0.3, 0.4) is 0 Å². The van der Waals surface area contributed by atoms with Crippen LogP contribution >= 0.6 is 27.7 Å². The average Bonchev–Trinajstić information content (AvgIpc) is 3.61. The molecule has 3 aliphatic heterocycles. The Hall–Kier alpha value is -2.76. The Bertz CT molecular complexity index is 1320. The molecule has 3 fully saturated rings. The smallest absolute Gasteiger partial charge is 0.248 e. The van der Waals surface area contributed by atoms with E-state index in [0.29, 0.717) is 43.8 Å². The lowest BCUT2D eigenvalue weighted by atomic mass is 9.70. The summed E-state index contributed by atoms with van der Waals surface area (Å²) in [6.45, 7) is 8.96. The number of benzene rings is 2. The van der Waals surface area contributed by atoms with Crippen molar-refractivity contribution in [2.75, 3.05) is 48.4 Å². The van der Waals surface area contributed by atoms with E-state index in [-0.39, 0.29) is 34.4 Å². The van der Waals surface area contributed by atoms with Crippen LogP contribution in [-0.4, -0.2) is 81.4 Å². The third kappa shape index (κ3) is 6.20. The summed E-state index contributed by atoms with van der Waals surface area (Å²) in [5.41, 5.74) is 2.40. The van der Waals surface area contributed by atoms with Crippen LogP contribution < -0.4 is 20.3 Å². The molecule has 3 N–H and O–H groups in total. The third-order valence-electron chi connectivity index (χ3n) is 9.09. The number of hydrogen-bond acceptors (Lipinski definition) is 7. The fourth-order valence-electron chi connectivity index (χ4n) is 7.12. The Balaban J connectivity index is 1.41. The molecular weight excluding hydrogens is 644 g/mol. The second-order valence-corrected chi connectivity index (χ2v) is 14.4. The maximum Gasteiger partial charge on any atom is 0.248 e. The quantitative estimate of drug-likeness (QED) is 0.187. The Morgan fingerprint density at radius 2 is 1.64 bits per heavy atom. The molecule has 1 spiro atoms. The first-order valence-electron chi connectivity index (χ1n) is 15.7. The topological polar surface area (TPSA) is 111 Å². The SMILES string of the molecule is CCOc1ccc(NC(=O)[C@H]2[C@@H]3SC4(CC3Br)C(C(=O)Nc3ccc(N(CC)CC)cc3)N(CCCCCO)C(=O)[C@H]24)cc1. The van der Waals surface area contributed by atoms with Crippen LogP contribution in [-0.2, 0) is 14.4 Å². The van der Waals surface area contributed by atoms with Crippen molar-refractivity contribution in [2.24, 2.45) is 11.8 Å². The maximum atomic E-state index is 14.2. The van der Waals surface area contributed by atoms with Crippen molar-refractivity contribution >= 4 is 62.5 Å². The number of likely N-dealkylation sites (tertiary alicyclic amines) is 1. The average molecular weight is 688 g/mol. The Labute approximate surface area is 272 Å². The lowest BCUT2D eigenvalue weighted by Gasteiger charge is -2.35. The number of carbonyl (C=O) groups excluding carboxylic acids is 3. The van der Waals surface area contributed by atoms with Crippen LogP contribution in [0.15, 0.2) is 48.5 Å². The van der Waals surface area contributed by atoms with E-state index in [1.807, 2.05) is 43.3 Å². The van der Waals surface area contributed by atoms with Gasteiger partial charge in [-0.1, -0.05) is 15.9 Å². The summed E-state index contributed by atoms with van der Waals surface area (Å²) >= 11 is 5.45. The molecule has 0 aliphatic carbocycles. The van der Waals surface area contributed by atoms with Gasteiger partial charge in [-0.05, 0) is 95.0 Å². The van der Waals surface area contributed by atoms with Gasteiger partial charge in [0.25, 0.3) is 0 Å². The number of anilines is 3. The minimum Gasteiger partial charge on any atom is -0.494 e. The molecule has 2 aromatic rings. The number of halogens is 1. The van der Waals surface area contributed by atoms with Gasteiger partial charge in [-0.2, -0.15) is 0 Å². The molecule has 9 nitrogen and oxygen atoms in total. The maximum absolute atomic E-state index is 14.2. The molecule has 0 aromatic heterocycles. The fraction of sp³-hybridized carbons (Fsp3) is 0.545. The van der Waals surface area contributed by atoms with Crippen LogP contribution in [0.25, 0.3) is 0 Å². The van der Waals surface area contributed by atoms with Crippen LogP contribution in [0.2, 0.25) is 0 Å². The predicted molar refractivity (Wildman–Crippen MR) is 180 cm³/mol. The molecule has 3 heterocycles. The molecule has 44 heavy (non-hydrogen) atoms. The zero-order chi connectivity index (χ0) is 31.4. The number of fused-ring (bicyclic) bond motifs is 1. The van der Waals surface area contributed by atoms with Gasteiger partial charge in [-0.25, -0.2) is 0 Å². The minimum atomic E-state index is -0.723. The lowest BCUT2D eigenvalue weighted by Crippen LogP contribution is -2.52. The minimum absolute atomic E-state index is 0.00868. The normalized spacial score (nSPS) is 26.9. The van der Waals surface area contributed by atoms with E-state index in [9.17, 15) is 19.5 Å². The highest BCUT2D eigenvalue weighted by atomic mass is 79.9. The summed E-state index contributed by atoms with van der Waals surface area (Å²) in [7, 11) is 0. The zero-order valence-corrected chi connectivity index (χ0v) is 28.0. The molecular formula is C33H43BrN4O5S. The molecule has 0 saturated carbocycles. The number of ether oxygens (including phenoxy) is 1. The Kier molecular flexibility index (Phi) is 10.5. The van der Waals surface area contributed by atoms with E-state index < -0.39 is 22.6 Å². The predicted octanol–water partition coefficient (Wildman–Crippen LogP) is 5.14. The summed E-state index contributed by atoms with van der Waals surface area (Å²) in [6, 6.07) is 14.3. The van der Waals surface area contributed by atoms with Gasteiger partial charge in [0.15, 0.2) is 0 Å². The molecule has 2 bridgehead atoms. The number of thioether (sulfide) groups is 1. The van der Waals surface area contributed by atoms with Crippen LogP contribution in [0.5, 0.6) is 5.75 Å². The van der Waals surface area contributed by atoms with Gasteiger partial charge in [0, 0.05) is 53.4 Å². The summed E-state index contributed by atoms with van der Waals surface area (Å²) in [6.07, 6.45) is 2.68. The van der Waals surface area contributed by atoms with Crippen molar-refractivity contribution < 1.29 is 24.2 Å². The fourth-order valence-corrected chi connectivity index (χ4v) is 10.7. The number of amides is 3. The summed E-state index contributed by atoms with van der Waals surface area (Å²) in [4.78, 5) is 46.2. The van der Waals surface area contributed by atoms with Crippen molar-refractivity contribution in [3.05, 3.63) is 48.5 Å². The third-order valence-corrected chi connectivity index (χ3v) is 12.3. The largest absolute Gasteiger partial charge is 0.494 e. The van der Waals surface area contributed by atoms with E-state index in [2.05, 4.69) is 45.3 Å². The Morgan fingerprint density at radius 3 is 2.25 bits per heavy atom. The highest BCUT2D eigenvalue weighted by Crippen LogP contribution is 2.67. The number of rotatable bonds is 14. The Morgan fingerprint density at radius 1 is 1.00 bits per heavy atom. The van der Waals surface area contributed by atoms with Gasteiger partial charge in [0.1, 0.15) is 11.8 Å². The highest BCUT2D eigenvalue weighted by molar-refractivity contribution is 9.09. The van der Waals surface area contributed by atoms with E-state index in [0.717, 1.165) is 30.9 Å². The van der Waals surface area contributed by atoms with Crippen LogP contribution in [0, 0.1) is 11.8 Å². The molecule has 3 aliphatic rings. The summed E-state index contributed by atoms with van der Waals surface area (Å²) < 4.78 is 4.80. The standard InChI is InChI=1S/C33H43BrN4O5S/c1-4-37(5-2)23-14-10-21(11-15-23)36-31(41)29-33-20-25(34)28(44-33)26(27(33)32(42)38(29)18-8-7-9-19-39)30(40)35-22-12-16-24(17-13-22)43-6-3/h10-17,25-29,39H,4-9,18-20H2,1-3H3,(H,35,40)(H,36,41)/t25?,26-,27+,28-,29?,33?/m1/s1.